The van der Waals surface area contributed by atoms with Gasteiger partial charge in [0.1, 0.15) is 0 Å². The van der Waals surface area contributed by atoms with Gasteiger partial charge in [-0.3, -0.25) is 4.79 Å². The van der Waals surface area contributed by atoms with Gasteiger partial charge >= 0.3 is 0 Å². The minimum Gasteiger partial charge on any atom is -0.493 e. The van der Waals surface area contributed by atoms with Crippen LogP contribution in [0.25, 0.3) is 12.2 Å². The Balaban J connectivity index is 2.06. The van der Waals surface area contributed by atoms with Crippen molar-refractivity contribution in [3.05, 3.63) is 46.5 Å². The molecule has 2 aromatic carbocycles. The van der Waals surface area contributed by atoms with Gasteiger partial charge in [0.05, 0.1) is 42.7 Å². The number of carbonyl (C=O) groups excluding carboxylic acids is 1. The minimum atomic E-state index is 0.0252. The molecule has 35 heavy (non-hydrogen) atoms. The maximum absolute atomic E-state index is 13.5. The molecule has 7 nitrogen and oxygen atoms in total. The summed E-state index contributed by atoms with van der Waals surface area (Å²) in [5.74, 6) is 3.59. The van der Waals surface area contributed by atoms with Crippen molar-refractivity contribution >= 4 is 17.9 Å². The van der Waals surface area contributed by atoms with Gasteiger partial charge in [0.15, 0.2) is 28.8 Å². The summed E-state index contributed by atoms with van der Waals surface area (Å²) < 4.78 is 32.7. The Morgan fingerprint density at radius 3 is 1.26 bits per heavy atom. The Bertz CT molecular complexity index is 995. The van der Waals surface area contributed by atoms with Gasteiger partial charge in [-0.25, -0.2) is 0 Å². The minimum absolute atomic E-state index is 0.0252. The molecule has 7 heteroatoms. The van der Waals surface area contributed by atoms with E-state index in [4.69, 9.17) is 28.4 Å². The topological polar surface area (TPSA) is 72.5 Å². The summed E-state index contributed by atoms with van der Waals surface area (Å²) >= 11 is 0. The van der Waals surface area contributed by atoms with E-state index < -0.39 is 0 Å². The van der Waals surface area contributed by atoms with Crippen molar-refractivity contribution in [2.24, 2.45) is 5.92 Å². The third-order valence-electron chi connectivity index (χ3n) is 6.23. The first-order chi connectivity index (χ1) is 16.9. The third-order valence-corrected chi connectivity index (χ3v) is 6.23. The van der Waals surface area contributed by atoms with E-state index in [0.717, 1.165) is 28.7 Å². The van der Waals surface area contributed by atoms with Gasteiger partial charge < -0.3 is 28.4 Å². The van der Waals surface area contributed by atoms with E-state index in [1.165, 1.54) is 0 Å². The number of ketones is 1. The summed E-state index contributed by atoms with van der Waals surface area (Å²) in [6, 6.07) is 7.39. The van der Waals surface area contributed by atoms with Gasteiger partial charge in [0.25, 0.3) is 0 Å². The Kier molecular flexibility index (Phi) is 8.68. The highest BCUT2D eigenvalue weighted by atomic mass is 16.5. The lowest BCUT2D eigenvalue weighted by atomic mass is 9.78. The molecule has 1 aliphatic carbocycles. The molecule has 1 aliphatic rings. The highest BCUT2D eigenvalue weighted by molar-refractivity contribution is 6.14. The molecule has 1 fully saturated rings. The average molecular weight is 483 g/mol. The summed E-state index contributed by atoms with van der Waals surface area (Å²) in [6.45, 7) is 2.15. The molecule has 0 spiro atoms. The monoisotopic (exact) mass is 482 g/mol. The van der Waals surface area contributed by atoms with Crippen LogP contribution in [0.15, 0.2) is 35.4 Å². The lowest BCUT2D eigenvalue weighted by Gasteiger charge is -2.25. The number of methoxy groups -OCH3 is 6. The van der Waals surface area contributed by atoms with Gasteiger partial charge in [0.2, 0.25) is 11.5 Å². The molecule has 0 N–H and O–H groups in total. The summed E-state index contributed by atoms with van der Waals surface area (Å²) in [5, 5.41) is 0. The zero-order valence-corrected chi connectivity index (χ0v) is 21.5. The highest BCUT2D eigenvalue weighted by Gasteiger charge is 2.27. The number of ether oxygens (including phenoxy) is 6. The third kappa shape index (κ3) is 5.56. The summed E-state index contributed by atoms with van der Waals surface area (Å²) in [6.07, 6.45) is 6.21. The van der Waals surface area contributed by atoms with E-state index in [1.807, 2.05) is 36.4 Å². The molecule has 0 aliphatic heterocycles. The van der Waals surface area contributed by atoms with Crippen LogP contribution in [-0.4, -0.2) is 48.4 Å². The molecule has 0 atom stereocenters. The molecule has 3 rings (SSSR count). The van der Waals surface area contributed by atoms with Crippen LogP contribution < -0.4 is 28.4 Å². The summed E-state index contributed by atoms with van der Waals surface area (Å²) in [7, 11) is 9.43. The quantitative estimate of drug-likeness (QED) is 0.431. The lowest BCUT2D eigenvalue weighted by molar-refractivity contribution is -0.113. The van der Waals surface area contributed by atoms with Crippen molar-refractivity contribution in [1.82, 2.24) is 0 Å². The predicted molar refractivity (Wildman–Crippen MR) is 136 cm³/mol. The molecule has 1 saturated carbocycles. The number of hydrogen-bond acceptors (Lipinski definition) is 7. The van der Waals surface area contributed by atoms with Crippen LogP contribution in [-0.2, 0) is 4.79 Å². The van der Waals surface area contributed by atoms with E-state index in [1.54, 1.807) is 42.7 Å². The molecular weight excluding hydrogens is 448 g/mol. The molecule has 0 heterocycles. The second-order valence-corrected chi connectivity index (χ2v) is 8.27. The maximum Gasteiger partial charge on any atom is 0.203 e. The molecule has 0 radical (unpaired) electrons. The summed E-state index contributed by atoms with van der Waals surface area (Å²) in [4.78, 5) is 13.5. The largest absolute Gasteiger partial charge is 0.493 e. The van der Waals surface area contributed by atoms with Crippen molar-refractivity contribution in [2.75, 3.05) is 42.7 Å². The first-order valence-electron chi connectivity index (χ1n) is 11.5. The normalized spacial score (nSPS) is 17.9. The van der Waals surface area contributed by atoms with Gasteiger partial charge in [-0.05, 0) is 66.3 Å². The fraction of sp³-hybridized carbons (Fsp3) is 0.393. The van der Waals surface area contributed by atoms with Crippen LogP contribution in [0.2, 0.25) is 0 Å². The number of rotatable bonds is 9. The zero-order chi connectivity index (χ0) is 25.5. The van der Waals surface area contributed by atoms with Crippen LogP contribution in [0, 0.1) is 5.92 Å². The van der Waals surface area contributed by atoms with Crippen LogP contribution in [0.5, 0.6) is 34.5 Å². The zero-order valence-electron chi connectivity index (χ0n) is 21.5. The number of carbonyl (C=O) groups is 1. The Morgan fingerprint density at radius 2 is 1.00 bits per heavy atom. The van der Waals surface area contributed by atoms with Crippen LogP contribution in [0.1, 0.15) is 37.3 Å². The van der Waals surface area contributed by atoms with Crippen LogP contribution in [0.3, 0.4) is 0 Å². The number of benzene rings is 2. The van der Waals surface area contributed by atoms with E-state index in [0.29, 0.717) is 53.3 Å². The van der Waals surface area contributed by atoms with Gasteiger partial charge in [-0.1, -0.05) is 13.3 Å². The fourth-order valence-electron chi connectivity index (χ4n) is 4.40. The number of allylic oxidation sites excluding steroid dienone is 2. The molecule has 188 valence electrons. The SMILES string of the molecule is CCC1C/C(=C\c2cc(OC)c(OC)c(OC)c2)C(=O)/C(=C/c2cc(OC)c(OC)c(OC)c2)C1. The standard InChI is InChI=1S/C28H34O7/c1-8-17-9-20(11-18-13-22(30-2)27(34-6)23(14-18)31-3)26(29)21(10-17)12-19-15-24(32-4)28(35-7)25(16-19)33-5/h11-17H,8-10H2,1-7H3/b20-11+,21-12+. The van der Waals surface area contributed by atoms with E-state index in [9.17, 15) is 4.79 Å². The summed E-state index contributed by atoms with van der Waals surface area (Å²) in [5.41, 5.74) is 3.12. The fourth-order valence-corrected chi connectivity index (χ4v) is 4.40. The Labute approximate surface area is 207 Å². The van der Waals surface area contributed by atoms with Crippen molar-refractivity contribution in [2.45, 2.75) is 26.2 Å². The van der Waals surface area contributed by atoms with Crippen molar-refractivity contribution in [3.63, 3.8) is 0 Å². The second-order valence-electron chi connectivity index (χ2n) is 8.27. The van der Waals surface area contributed by atoms with Gasteiger partial charge in [-0.15, -0.1) is 0 Å². The van der Waals surface area contributed by atoms with Crippen LogP contribution >= 0.6 is 0 Å². The molecule has 0 amide bonds. The van der Waals surface area contributed by atoms with Crippen molar-refractivity contribution < 1.29 is 33.2 Å². The van der Waals surface area contributed by atoms with E-state index >= 15 is 0 Å². The first-order valence-corrected chi connectivity index (χ1v) is 11.5. The average Bonchev–Trinajstić information content (AvgIpc) is 2.89. The predicted octanol–water partition coefficient (Wildman–Crippen LogP) is 5.59. The number of hydrogen-bond donors (Lipinski definition) is 0. The molecule has 0 unspecified atom stereocenters. The van der Waals surface area contributed by atoms with E-state index in [-0.39, 0.29) is 5.78 Å². The Morgan fingerprint density at radius 1 is 0.657 bits per heavy atom. The smallest absolute Gasteiger partial charge is 0.203 e. The van der Waals surface area contributed by atoms with E-state index in [2.05, 4.69) is 6.92 Å². The highest BCUT2D eigenvalue weighted by Crippen LogP contribution is 2.42. The van der Waals surface area contributed by atoms with Crippen molar-refractivity contribution in [1.29, 1.82) is 0 Å². The molecular formula is C28H34O7. The van der Waals surface area contributed by atoms with Crippen molar-refractivity contribution in [3.8, 4) is 34.5 Å². The Hall–Kier alpha value is -3.61. The van der Waals surface area contributed by atoms with Gasteiger partial charge in [0, 0.05) is 11.1 Å². The molecule has 0 saturated heterocycles. The second kappa shape index (κ2) is 11.7. The molecule has 2 aromatic rings. The first kappa shape index (κ1) is 26.0. The number of Topliss-reactive ketones (excluding diaryl/α,β-unsaturated/α-hetero) is 1. The van der Waals surface area contributed by atoms with Crippen LogP contribution in [0.4, 0.5) is 0 Å². The maximum atomic E-state index is 13.5. The van der Waals surface area contributed by atoms with Gasteiger partial charge in [-0.2, -0.15) is 0 Å². The lowest BCUT2D eigenvalue weighted by Crippen LogP contribution is -2.19. The molecule has 0 aromatic heterocycles. The molecule has 0 bridgehead atoms.